The number of carbonyl (C=O) groups is 1. The zero-order valence-corrected chi connectivity index (χ0v) is 13.8. The Bertz CT molecular complexity index is 483. The van der Waals surface area contributed by atoms with Gasteiger partial charge in [0.25, 0.3) is 0 Å². The van der Waals surface area contributed by atoms with Gasteiger partial charge in [-0.05, 0) is 50.4 Å². The molecule has 1 aromatic rings. The largest absolute Gasteiger partial charge is 0.338 e. The molecule has 0 aliphatic carbocycles. The summed E-state index contributed by atoms with van der Waals surface area (Å²) in [6.45, 7) is 4.94. The Morgan fingerprint density at radius 1 is 1.50 bits per heavy atom. The highest BCUT2D eigenvalue weighted by Crippen LogP contribution is 2.22. The fourth-order valence-electron chi connectivity index (χ4n) is 2.88. The summed E-state index contributed by atoms with van der Waals surface area (Å²) in [6.07, 6.45) is 3.42. The van der Waals surface area contributed by atoms with E-state index in [9.17, 15) is 9.18 Å². The predicted octanol–water partition coefficient (Wildman–Crippen LogP) is 3.61. The van der Waals surface area contributed by atoms with E-state index in [1.165, 1.54) is 6.07 Å². The molecule has 0 bridgehead atoms. The van der Waals surface area contributed by atoms with Crippen molar-refractivity contribution in [2.24, 2.45) is 5.92 Å². The first-order valence-corrected chi connectivity index (χ1v) is 8.41. The van der Waals surface area contributed by atoms with Gasteiger partial charge in [0.05, 0.1) is 0 Å². The van der Waals surface area contributed by atoms with E-state index in [4.69, 9.17) is 11.6 Å². The molecule has 3 nitrogen and oxygen atoms in total. The summed E-state index contributed by atoms with van der Waals surface area (Å²) in [5.74, 6) is 0.332. The summed E-state index contributed by atoms with van der Waals surface area (Å²) in [6, 6.07) is 4.64. The van der Waals surface area contributed by atoms with Crippen molar-refractivity contribution in [3.63, 3.8) is 0 Å². The Labute approximate surface area is 136 Å². The van der Waals surface area contributed by atoms with Gasteiger partial charge in [0.1, 0.15) is 5.82 Å². The molecule has 2 rings (SSSR count). The van der Waals surface area contributed by atoms with Gasteiger partial charge in [-0.25, -0.2) is 4.39 Å². The molecular weight excluding hydrogens is 303 g/mol. The average Bonchev–Trinajstić information content (AvgIpc) is 3.01. The van der Waals surface area contributed by atoms with Crippen LogP contribution in [0, 0.1) is 11.7 Å². The number of hydrogen-bond acceptors (Lipinski definition) is 2. The van der Waals surface area contributed by atoms with Gasteiger partial charge in [0.2, 0.25) is 5.91 Å². The Hall–Kier alpha value is -1.13. The quantitative estimate of drug-likeness (QED) is 0.830. The monoisotopic (exact) mass is 326 g/mol. The molecule has 1 amide bonds. The summed E-state index contributed by atoms with van der Waals surface area (Å²) in [4.78, 5) is 14.2. The molecule has 1 saturated heterocycles. The average molecular weight is 327 g/mol. The fourth-order valence-corrected chi connectivity index (χ4v) is 3.11. The predicted molar refractivity (Wildman–Crippen MR) is 87.3 cm³/mol. The summed E-state index contributed by atoms with van der Waals surface area (Å²) in [5, 5.41) is 3.70. The highest BCUT2D eigenvalue weighted by Gasteiger charge is 2.20. The van der Waals surface area contributed by atoms with Crippen LogP contribution in [0.2, 0.25) is 5.02 Å². The maximum Gasteiger partial charge on any atom is 0.222 e. The molecule has 1 N–H and O–H groups in total. The molecule has 122 valence electrons. The standard InChI is InChI=1S/C17H24ClFN2O/c1-2-10-21(12-14-15(18)4-3-5-16(14)19)17(22)7-6-13-8-9-20-11-13/h3-5,13,20H,2,6-12H2,1H3. The van der Waals surface area contributed by atoms with Gasteiger partial charge in [-0.1, -0.05) is 24.6 Å². The van der Waals surface area contributed by atoms with Gasteiger partial charge in [-0.3, -0.25) is 4.79 Å². The topological polar surface area (TPSA) is 32.3 Å². The number of benzene rings is 1. The van der Waals surface area contributed by atoms with E-state index in [1.54, 1.807) is 17.0 Å². The lowest BCUT2D eigenvalue weighted by atomic mass is 10.0. The minimum atomic E-state index is -0.346. The highest BCUT2D eigenvalue weighted by molar-refractivity contribution is 6.31. The van der Waals surface area contributed by atoms with Crippen LogP contribution >= 0.6 is 11.6 Å². The van der Waals surface area contributed by atoms with Gasteiger partial charge in [0, 0.05) is 30.1 Å². The van der Waals surface area contributed by atoms with Crippen LogP contribution in [0.4, 0.5) is 4.39 Å². The molecule has 1 unspecified atom stereocenters. The lowest BCUT2D eigenvalue weighted by Gasteiger charge is -2.23. The van der Waals surface area contributed by atoms with Gasteiger partial charge in [-0.15, -0.1) is 0 Å². The number of amides is 1. The Morgan fingerprint density at radius 3 is 2.95 bits per heavy atom. The fraction of sp³-hybridized carbons (Fsp3) is 0.588. The lowest BCUT2D eigenvalue weighted by Crippen LogP contribution is -2.32. The number of rotatable bonds is 7. The van der Waals surface area contributed by atoms with E-state index in [0.717, 1.165) is 32.4 Å². The van der Waals surface area contributed by atoms with Crippen molar-refractivity contribution in [1.82, 2.24) is 10.2 Å². The smallest absolute Gasteiger partial charge is 0.222 e. The first-order valence-electron chi connectivity index (χ1n) is 8.03. The number of nitrogens with zero attached hydrogens (tertiary/aromatic N) is 1. The number of hydrogen-bond donors (Lipinski definition) is 1. The maximum absolute atomic E-state index is 13.9. The molecular formula is C17H24ClFN2O. The van der Waals surface area contributed by atoms with E-state index < -0.39 is 0 Å². The van der Waals surface area contributed by atoms with Crippen molar-refractivity contribution in [3.8, 4) is 0 Å². The molecule has 5 heteroatoms. The first kappa shape index (κ1) is 17.2. The van der Waals surface area contributed by atoms with Crippen LogP contribution < -0.4 is 5.32 Å². The van der Waals surface area contributed by atoms with Crippen LogP contribution in [0.15, 0.2) is 18.2 Å². The highest BCUT2D eigenvalue weighted by atomic mass is 35.5. The second-order valence-corrected chi connectivity index (χ2v) is 6.32. The molecule has 1 aliphatic rings. The molecule has 1 fully saturated rings. The SMILES string of the molecule is CCCN(Cc1c(F)cccc1Cl)C(=O)CCC1CCNC1. The molecule has 1 heterocycles. The van der Waals surface area contributed by atoms with Crippen molar-refractivity contribution in [1.29, 1.82) is 0 Å². The zero-order chi connectivity index (χ0) is 15.9. The molecule has 0 aromatic heterocycles. The Balaban J connectivity index is 1.97. The van der Waals surface area contributed by atoms with E-state index in [-0.39, 0.29) is 18.3 Å². The number of nitrogens with one attached hydrogen (secondary N) is 1. The third kappa shape index (κ3) is 4.68. The second kappa shape index (κ2) is 8.49. The molecule has 1 atom stereocenters. The minimum absolute atomic E-state index is 0.0908. The minimum Gasteiger partial charge on any atom is -0.338 e. The van der Waals surface area contributed by atoms with E-state index in [1.807, 2.05) is 6.92 Å². The lowest BCUT2D eigenvalue weighted by molar-refractivity contribution is -0.132. The van der Waals surface area contributed by atoms with Gasteiger partial charge in [0.15, 0.2) is 0 Å². The molecule has 22 heavy (non-hydrogen) atoms. The molecule has 0 radical (unpaired) electrons. The summed E-state index contributed by atoms with van der Waals surface area (Å²) in [5.41, 5.74) is 0.411. The van der Waals surface area contributed by atoms with Gasteiger partial charge >= 0.3 is 0 Å². The van der Waals surface area contributed by atoms with E-state index in [0.29, 0.717) is 29.5 Å². The second-order valence-electron chi connectivity index (χ2n) is 5.91. The number of carbonyl (C=O) groups excluding carboxylic acids is 1. The van der Waals surface area contributed by atoms with Crippen LogP contribution in [0.25, 0.3) is 0 Å². The first-order chi connectivity index (χ1) is 10.6. The van der Waals surface area contributed by atoms with Crippen molar-refractivity contribution in [2.45, 2.75) is 39.2 Å². The third-order valence-corrected chi connectivity index (χ3v) is 4.54. The molecule has 1 aromatic carbocycles. The summed E-state index contributed by atoms with van der Waals surface area (Å²) >= 11 is 6.07. The number of halogens is 2. The maximum atomic E-state index is 13.9. The van der Waals surface area contributed by atoms with Crippen LogP contribution in [0.1, 0.15) is 38.2 Å². The normalized spacial score (nSPS) is 17.7. The summed E-state index contributed by atoms with van der Waals surface area (Å²) in [7, 11) is 0. The third-order valence-electron chi connectivity index (χ3n) is 4.19. The Morgan fingerprint density at radius 2 is 2.32 bits per heavy atom. The summed E-state index contributed by atoms with van der Waals surface area (Å²) < 4.78 is 13.9. The molecule has 0 spiro atoms. The van der Waals surface area contributed by atoms with Gasteiger partial charge in [-0.2, -0.15) is 0 Å². The van der Waals surface area contributed by atoms with Crippen molar-refractivity contribution in [2.75, 3.05) is 19.6 Å². The van der Waals surface area contributed by atoms with Crippen LogP contribution in [-0.4, -0.2) is 30.4 Å². The van der Waals surface area contributed by atoms with Crippen LogP contribution in [0.5, 0.6) is 0 Å². The van der Waals surface area contributed by atoms with Gasteiger partial charge < -0.3 is 10.2 Å². The molecule has 0 saturated carbocycles. The van der Waals surface area contributed by atoms with Crippen LogP contribution in [-0.2, 0) is 11.3 Å². The van der Waals surface area contributed by atoms with Crippen molar-refractivity contribution in [3.05, 3.63) is 34.6 Å². The zero-order valence-electron chi connectivity index (χ0n) is 13.1. The van der Waals surface area contributed by atoms with Crippen LogP contribution in [0.3, 0.4) is 0 Å². The van der Waals surface area contributed by atoms with Crippen molar-refractivity contribution >= 4 is 17.5 Å². The van der Waals surface area contributed by atoms with Crippen molar-refractivity contribution < 1.29 is 9.18 Å². The van der Waals surface area contributed by atoms with E-state index >= 15 is 0 Å². The van der Waals surface area contributed by atoms with E-state index in [2.05, 4.69) is 5.32 Å². The Kier molecular flexibility index (Phi) is 6.65. The molecule has 1 aliphatic heterocycles.